The van der Waals surface area contributed by atoms with Crippen LogP contribution in [0.1, 0.15) is 45.4 Å². The van der Waals surface area contributed by atoms with Crippen molar-refractivity contribution in [2.45, 2.75) is 59.4 Å². The van der Waals surface area contributed by atoms with Crippen LogP contribution in [0, 0.1) is 0 Å². The molecule has 0 aliphatic rings. The number of unbranched alkanes of at least 4 members (excludes halogenated alkanes) is 4. The average Bonchev–Trinajstić information content (AvgIpc) is 2.15. The molecule has 0 bridgehead atoms. The van der Waals surface area contributed by atoms with Crippen LogP contribution in [0.4, 0.5) is 8.78 Å². The summed E-state index contributed by atoms with van der Waals surface area (Å²) in [6.07, 6.45) is 3.21. The van der Waals surface area contributed by atoms with Crippen molar-refractivity contribution in [2.24, 2.45) is 0 Å². The SMILES string of the molecule is CCCCCCCC(F)C(F)(Br)C(Cl)(Cl)Br. The molecule has 0 fully saturated rings. The first-order valence-corrected chi connectivity index (χ1v) is 7.66. The molecule has 0 aromatic heterocycles. The van der Waals surface area contributed by atoms with Crippen LogP contribution >= 0.6 is 55.1 Å². The zero-order valence-electron chi connectivity index (χ0n) is 9.09. The van der Waals surface area contributed by atoms with Crippen LogP contribution in [0.15, 0.2) is 0 Å². The molecule has 16 heavy (non-hydrogen) atoms. The predicted octanol–water partition coefficient (Wildman–Crippen LogP) is 6.27. The Hall–Kier alpha value is 1.40. The van der Waals surface area contributed by atoms with Crippen LogP contribution in [0.2, 0.25) is 0 Å². The average molecular weight is 405 g/mol. The molecule has 0 nitrogen and oxygen atoms in total. The van der Waals surface area contributed by atoms with Gasteiger partial charge in [0.25, 0.3) is 0 Å². The van der Waals surface area contributed by atoms with Gasteiger partial charge in [-0.25, -0.2) is 8.78 Å². The smallest absolute Gasteiger partial charge is 0.238 e. The van der Waals surface area contributed by atoms with Crippen LogP contribution < -0.4 is 0 Å². The molecule has 2 atom stereocenters. The standard InChI is InChI=1S/C10H16Br2Cl2F2/c1-2-3-4-5-6-7-8(15)9(11,16)10(12,13)14/h8H,2-7H2,1H3. The third-order valence-electron chi connectivity index (χ3n) is 2.33. The van der Waals surface area contributed by atoms with E-state index in [-0.39, 0.29) is 6.42 Å². The van der Waals surface area contributed by atoms with E-state index in [2.05, 4.69) is 38.8 Å². The Labute approximate surface area is 123 Å². The monoisotopic (exact) mass is 402 g/mol. The molecular formula is C10H16Br2Cl2F2. The summed E-state index contributed by atoms with van der Waals surface area (Å²) in [6.45, 7) is 2.10. The predicted molar refractivity (Wildman–Crippen MR) is 74.4 cm³/mol. The van der Waals surface area contributed by atoms with E-state index >= 15 is 0 Å². The van der Waals surface area contributed by atoms with E-state index in [4.69, 9.17) is 23.2 Å². The van der Waals surface area contributed by atoms with Crippen molar-refractivity contribution >= 4 is 55.1 Å². The number of hydrogen-bond acceptors (Lipinski definition) is 0. The van der Waals surface area contributed by atoms with Crippen molar-refractivity contribution < 1.29 is 8.78 Å². The molecule has 0 radical (unpaired) electrons. The van der Waals surface area contributed by atoms with Crippen LogP contribution in [-0.2, 0) is 0 Å². The zero-order chi connectivity index (χ0) is 12.8. The zero-order valence-corrected chi connectivity index (χ0v) is 13.8. The highest BCUT2D eigenvalue weighted by molar-refractivity contribution is 9.13. The summed E-state index contributed by atoms with van der Waals surface area (Å²) in [5.74, 6) is 0. The normalized spacial score (nSPS) is 18.2. The lowest BCUT2D eigenvalue weighted by molar-refractivity contribution is 0.137. The van der Waals surface area contributed by atoms with Crippen molar-refractivity contribution in [3.8, 4) is 0 Å². The summed E-state index contributed by atoms with van der Waals surface area (Å²) in [7, 11) is 0. The van der Waals surface area contributed by atoms with E-state index in [0.717, 1.165) is 25.7 Å². The molecule has 0 saturated carbocycles. The molecule has 98 valence electrons. The first kappa shape index (κ1) is 17.4. The summed E-state index contributed by atoms with van der Waals surface area (Å²) in [5.41, 5.74) is 0. The molecule has 0 spiro atoms. The highest BCUT2D eigenvalue weighted by atomic mass is 79.9. The number of rotatable bonds is 8. The maximum Gasteiger partial charge on any atom is 0.238 e. The fourth-order valence-corrected chi connectivity index (χ4v) is 2.00. The quantitative estimate of drug-likeness (QED) is 0.330. The van der Waals surface area contributed by atoms with Gasteiger partial charge in [0.05, 0.1) is 0 Å². The topological polar surface area (TPSA) is 0 Å². The second-order valence-corrected chi connectivity index (χ2v) is 8.38. The van der Waals surface area contributed by atoms with Gasteiger partial charge >= 0.3 is 0 Å². The maximum atomic E-state index is 13.8. The molecule has 0 amide bonds. The summed E-state index contributed by atoms with van der Waals surface area (Å²) in [4.78, 5) is 0. The maximum absolute atomic E-state index is 13.8. The van der Waals surface area contributed by atoms with Gasteiger partial charge in [0.15, 0.2) is 0 Å². The highest BCUT2D eigenvalue weighted by Gasteiger charge is 2.53. The third kappa shape index (κ3) is 5.83. The van der Waals surface area contributed by atoms with E-state index in [9.17, 15) is 8.78 Å². The number of hydrogen-bond donors (Lipinski definition) is 0. The third-order valence-corrected chi connectivity index (χ3v) is 5.54. The minimum atomic E-state index is -2.46. The molecule has 0 aromatic carbocycles. The summed E-state index contributed by atoms with van der Waals surface area (Å²) in [6, 6.07) is 0. The molecule has 0 aromatic rings. The second kappa shape index (κ2) is 7.75. The largest absolute Gasteiger partial charge is 0.243 e. The number of alkyl halides is 6. The fraction of sp³-hybridized carbons (Fsp3) is 1.00. The van der Waals surface area contributed by atoms with Gasteiger partial charge in [0.2, 0.25) is 7.82 Å². The van der Waals surface area contributed by atoms with Crippen molar-refractivity contribution in [1.82, 2.24) is 0 Å². The highest BCUT2D eigenvalue weighted by Crippen LogP contribution is 2.50. The van der Waals surface area contributed by atoms with E-state index in [1.165, 1.54) is 0 Å². The Morgan fingerprint density at radius 2 is 1.62 bits per heavy atom. The lowest BCUT2D eigenvalue weighted by Crippen LogP contribution is -2.40. The van der Waals surface area contributed by atoms with E-state index in [1.54, 1.807) is 0 Å². The summed E-state index contributed by atoms with van der Waals surface area (Å²) >= 11 is 16.3. The van der Waals surface area contributed by atoms with E-state index in [1.807, 2.05) is 0 Å². The molecule has 0 aliphatic carbocycles. The Bertz CT molecular complexity index is 196. The van der Waals surface area contributed by atoms with Crippen LogP contribution in [-0.4, -0.2) is 14.0 Å². The van der Waals surface area contributed by atoms with Crippen LogP contribution in [0.5, 0.6) is 0 Å². The molecule has 0 N–H and O–H groups in total. The van der Waals surface area contributed by atoms with Gasteiger partial charge in [-0.15, -0.1) is 0 Å². The minimum absolute atomic E-state index is 0.109. The lowest BCUT2D eigenvalue weighted by Gasteiger charge is -2.29. The number of halogens is 6. The Kier molecular flexibility index (Phi) is 8.43. The Morgan fingerprint density at radius 1 is 1.12 bits per heavy atom. The molecule has 0 aliphatic heterocycles. The van der Waals surface area contributed by atoms with Gasteiger partial charge in [-0.2, -0.15) is 0 Å². The van der Waals surface area contributed by atoms with Gasteiger partial charge in [0.1, 0.15) is 6.17 Å². The molecule has 2 unspecified atom stereocenters. The van der Waals surface area contributed by atoms with Gasteiger partial charge in [0, 0.05) is 0 Å². The Balaban J connectivity index is 3.92. The minimum Gasteiger partial charge on any atom is -0.243 e. The van der Waals surface area contributed by atoms with Crippen molar-refractivity contribution in [3.63, 3.8) is 0 Å². The van der Waals surface area contributed by atoms with E-state index < -0.39 is 14.0 Å². The Morgan fingerprint density at radius 3 is 2.06 bits per heavy atom. The summed E-state index contributed by atoms with van der Waals surface area (Å²) in [5, 5.41) is 0. The first-order valence-electron chi connectivity index (χ1n) is 5.32. The summed E-state index contributed by atoms with van der Waals surface area (Å²) < 4.78 is 22.9. The van der Waals surface area contributed by atoms with Crippen LogP contribution in [0.25, 0.3) is 0 Å². The van der Waals surface area contributed by atoms with Gasteiger partial charge in [-0.3, -0.25) is 0 Å². The van der Waals surface area contributed by atoms with Gasteiger partial charge < -0.3 is 0 Å². The molecule has 0 heterocycles. The lowest BCUT2D eigenvalue weighted by atomic mass is 10.1. The van der Waals surface area contributed by atoms with Crippen molar-refractivity contribution in [3.05, 3.63) is 0 Å². The van der Waals surface area contributed by atoms with Crippen molar-refractivity contribution in [1.29, 1.82) is 0 Å². The van der Waals surface area contributed by atoms with E-state index in [0.29, 0.717) is 6.42 Å². The molecule has 0 saturated heterocycles. The molecular weight excluding hydrogens is 389 g/mol. The molecule has 0 rings (SSSR count). The van der Waals surface area contributed by atoms with Gasteiger partial charge in [-0.1, -0.05) is 62.2 Å². The van der Waals surface area contributed by atoms with Gasteiger partial charge in [-0.05, 0) is 38.3 Å². The molecule has 6 heteroatoms. The van der Waals surface area contributed by atoms with Crippen LogP contribution in [0.3, 0.4) is 0 Å². The fourth-order valence-electron chi connectivity index (χ4n) is 1.29. The van der Waals surface area contributed by atoms with Crippen molar-refractivity contribution in [2.75, 3.05) is 0 Å². The first-order chi connectivity index (χ1) is 7.23. The second-order valence-electron chi connectivity index (χ2n) is 3.79.